The lowest BCUT2D eigenvalue weighted by molar-refractivity contribution is 0.370. The van der Waals surface area contributed by atoms with Crippen molar-refractivity contribution in [2.75, 3.05) is 12.5 Å². The highest BCUT2D eigenvalue weighted by molar-refractivity contribution is 6.19. The fourth-order valence-electron chi connectivity index (χ4n) is 0.852. The standard InChI is InChI=1S/C11H11ClO/c1-10-4-6-11(7-5-10)13-9-3-2-8-12/h4-7H,8-9H2,1H3. The highest BCUT2D eigenvalue weighted by Crippen LogP contribution is 2.10. The number of alkyl halides is 1. The van der Waals surface area contributed by atoms with E-state index in [2.05, 4.69) is 11.8 Å². The molecule has 0 spiro atoms. The van der Waals surface area contributed by atoms with E-state index in [0.29, 0.717) is 12.5 Å². The second kappa shape index (κ2) is 5.50. The van der Waals surface area contributed by atoms with Crippen LogP contribution in [-0.4, -0.2) is 12.5 Å². The molecule has 0 unspecified atom stereocenters. The van der Waals surface area contributed by atoms with Crippen molar-refractivity contribution < 1.29 is 4.74 Å². The van der Waals surface area contributed by atoms with Gasteiger partial charge in [0.05, 0.1) is 5.88 Å². The van der Waals surface area contributed by atoms with Crippen LogP contribution in [0.1, 0.15) is 5.56 Å². The molecule has 2 heteroatoms. The lowest BCUT2D eigenvalue weighted by Gasteiger charge is -2.01. The molecule has 1 aromatic carbocycles. The normalized spacial score (nSPS) is 8.77. The summed E-state index contributed by atoms with van der Waals surface area (Å²) < 4.78 is 5.33. The SMILES string of the molecule is Cc1ccc(OCC#CCCl)cc1. The highest BCUT2D eigenvalue weighted by Gasteiger charge is 1.89. The van der Waals surface area contributed by atoms with Crippen LogP contribution in [0.2, 0.25) is 0 Å². The molecule has 1 aromatic rings. The summed E-state index contributed by atoms with van der Waals surface area (Å²) in [7, 11) is 0. The second-order valence-electron chi connectivity index (χ2n) is 2.59. The lowest BCUT2D eigenvalue weighted by Crippen LogP contribution is -1.93. The molecule has 0 heterocycles. The van der Waals surface area contributed by atoms with Crippen molar-refractivity contribution in [3.8, 4) is 17.6 Å². The van der Waals surface area contributed by atoms with Gasteiger partial charge in [0, 0.05) is 0 Å². The van der Waals surface area contributed by atoms with Crippen molar-refractivity contribution in [1.29, 1.82) is 0 Å². The molecule has 0 fully saturated rings. The molecular weight excluding hydrogens is 184 g/mol. The van der Waals surface area contributed by atoms with Gasteiger partial charge < -0.3 is 4.74 Å². The summed E-state index contributed by atoms with van der Waals surface area (Å²) in [4.78, 5) is 0. The summed E-state index contributed by atoms with van der Waals surface area (Å²) in [6, 6.07) is 7.87. The van der Waals surface area contributed by atoms with E-state index in [-0.39, 0.29) is 0 Å². The largest absolute Gasteiger partial charge is 0.481 e. The molecule has 0 aromatic heterocycles. The van der Waals surface area contributed by atoms with Crippen LogP contribution in [-0.2, 0) is 0 Å². The second-order valence-corrected chi connectivity index (χ2v) is 2.86. The predicted molar refractivity (Wildman–Crippen MR) is 55.2 cm³/mol. The van der Waals surface area contributed by atoms with Crippen molar-refractivity contribution in [2.24, 2.45) is 0 Å². The van der Waals surface area contributed by atoms with Crippen molar-refractivity contribution >= 4 is 11.6 Å². The zero-order valence-corrected chi connectivity index (χ0v) is 8.27. The Balaban J connectivity index is 2.41. The van der Waals surface area contributed by atoms with Crippen LogP contribution in [0.5, 0.6) is 5.75 Å². The summed E-state index contributed by atoms with van der Waals surface area (Å²) in [5.41, 5.74) is 1.22. The maximum Gasteiger partial charge on any atom is 0.149 e. The third-order valence-corrected chi connectivity index (χ3v) is 1.66. The van der Waals surface area contributed by atoms with Crippen LogP contribution < -0.4 is 4.74 Å². The molecule has 0 N–H and O–H groups in total. The van der Waals surface area contributed by atoms with Crippen LogP contribution in [0.25, 0.3) is 0 Å². The Morgan fingerprint density at radius 1 is 1.23 bits per heavy atom. The average molecular weight is 195 g/mol. The summed E-state index contributed by atoms with van der Waals surface area (Å²) in [5, 5.41) is 0. The minimum Gasteiger partial charge on any atom is -0.481 e. The number of halogens is 1. The summed E-state index contributed by atoms with van der Waals surface area (Å²) in [5.74, 6) is 6.71. The van der Waals surface area contributed by atoms with Crippen LogP contribution >= 0.6 is 11.6 Å². The van der Waals surface area contributed by atoms with E-state index in [9.17, 15) is 0 Å². The highest BCUT2D eigenvalue weighted by atomic mass is 35.5. The van der Waals surface area contributed by atoms with Gasteiger partial charge in [-0.2, -0.15) is 0 Å². The van der Waals surface area contributed by atoms with Gasteiger partial charge in [0.2, 0.25) is 0 Å². The average Bonchev–Trinajstić information content (AvgIpc) is 2.15. The third-order valence-electron chi connectivity index (χ3n) is 1.52. The predicted octanol–water partition coefficient (Wildman–Crippen LogP) is 2.62. The molecule has 68 valence electrons. The van der Waals surface area contributed by atoms with Gasteiger partial charge in [-0.1, -0.05) is 29.5 Å². The van der Waals surface area contributed by atoms with Crippen LogP contribution in [0.3, 0.4) is 0 Å². The Morgan fingerprint density at radius 3 is 2.54 bits per heavy atom. The molecule has 0 aliphatic carbocycles. The van der Waals surface area contributed by atoms with Crippen LogP contribution in [0, 0.1) is 18.8 Å². The molecule has 0 aliphatic heterocycles. The van der Waals surface area contributed by atoms with E-state index in [1.807, 2.05) is 31.2 Å². The van der Waals surface area contributed by atoms with Crippen molar-refractivity contribution in [3.63, 3.8) is 0 Å². The van der Waals surface area contributed by atoms with E-state index in [4.69, 9.17) is 16.3 Å². The van der Waals surface area contributed by atoms with Gasteiger partial charge >= 0.3 is 0 Å². The van der Waals surface area contributed by atoms with Gasteiger partial charge in [-0.05, 0) is 19.1 Å². The van der Waals surface area contributed by atoms with Gasteiger partial charge in [-0.15, -0.1) is 11.6 Å². The van der Waals surface area contributed by atoms with Gasteiger partial charge in [0.25, 0.3) is 0 Å². The molecular formula is C11H11ClO. The molecule has 0 bridgehead atoms. The zero-order chi connectivity index (χ0) is 9.52. The quantitative estimate of drug-likeness (QED) is 0.520. The Hall–Kier alpha value is -1.13. The molecule has 0 saturated carbocycles. The fourth-order valence-corrected chi connectivity index (χ4v) is 0.947. The van der Waals surface area contributed by atoms with Gasteiger partial charge in [-0.3, -0.25) is 0 Å². The monoisotopic (exact) mass is 194 g/mol. The van der Waals surface area contributed by atoms with Gasteiger partial charge in [0.15, 0.2) is 0 Å². The molecule has 0 saturated heterocycles. The Bertz CT molecular complexity index is 305. The Kier molecular flexibility index (Phi) is 4.21. The number of hydrogen-bond acceptors (Lipinski definition) is 1. The Morgan fingerprint density at radius 2 is 1.92 bits per heavy atom. The number of aryl methyl sites for hydroxylation is 1. The summed E-state index contributed by atoms with van der Waals surface area (Å²) >= 11 is 5.37. The summed E-state index contributed by atoms with van der Waals surface area (Å²) in [6.45, 7) is 2.44. The van der Waals surface area contributed by atoms with Gasteiger partial charge in [-0.25, -0.2) is 0 Å². The smallest absolute Gasteiger partial charge is 0.149 e. The first-order chi connectivity index (χ1) is 6.33. The minimum atomic E-state index is 0.358. The van der Waals surface area contributed by atoms with E-state index in [1.54, 1.807) is 0 Å². The van der Waals surface area contributed by atoms with Crippen molar-refractivity contribution in [3.05, 3.63) is 29.8 Å². The molecule has 1 rings (SSSR count). The minimum absolute atomic E-state index is 0.358. The molecule has 0 atom stereocenters. The lowest BCUT2D eigenvalue weighted by atomic mass is 10.2. The summed E-state index contributed by atoms with van der Waals surface area (Å²) in [6.07, 6.45) is 0. The number of benzene rings is 1. The van der Waals surface area contributed by atoms with E-state index < -0.39 is 0 Å². The molecule has 13 heavy (non-hydrogen) atoms. The Labute approximate surface area is 83.7 Å². The fraction of sp³-hybridized carbons (Fsp3) is 0.273. The molecule has 0 amide bonds. The van der Waals surface area contributed by atoms with Crippen molar-refractivity contribution in [1.82, 2.24) is 0 Å². The van der Waals surface area contributed by atoms with Crippen molar-refractivity contribution in [2.45, 2.75) is 6.92 Å². The van der Waals surface area contributed by atoms with E-state index in [1.165, 1.54) is 5.56 Å². The topological polar surface area (TPSA) is 9.23 Å². The molecule has 1 nitrogen and oxygen atoms in total. The maximum atomic E-state index is 5.37. The number of hydrogen-bond donors (Lipinski definition) is 0. The first kappa shape index (κ1) is 9.95. The van der Waals surface area contributed by atoms with Crippen LogP contribution in [0.4, 0.5) is 0 Å². The number of rotatable bonds is 2. The molecule has 0 radical (unpaired) electrons. The third kappa shape index (κ3) is 3.87. The first-order valence-electron chi connectivity index (χ1n) is 4.04. The van der Waals surface area contributed by atoms with E-state index in [0.717, 1.165) is 5.75 Å². The number of ether oxygens (including phenoxy) is 1. The van der Waals surface area contributed by atoms with E-state index >= 15 is 0 Å². The van der Waals surface area contributed by atoms with Gasteiger partial charge in [0.1, 0.15) is 12.4 Å². The van der Waals surface area contributed by atoms with Crippen LogP contribution in [0.15, 0.2) is 24.3 Å². The molecule has 0 aliphatic rings. The maximum absolute atomic E-state index is 5.37. The zero-order valence-electron chi connectivity index (χ0n) is 7.51. The first-order valence-corrected chi connectivity index (χ1v) is 4.57.